The molecule has 114 valence electrons. The molecule has 1 aliphatic rings. The van der Waals surface area contributed by atoms with Gasteiger partial charge in [-0.05, 0) is 19.1 Å². The first-order valence-electron chi connectivity index (χ1n) is 6.80. The van der Waals surface area contributed by atoms with Gasteiger partial charge in [-0.1, -0.05) is 24.3 Å². The van der Waals surface area contributed by atoms with Crippen LogP contribution in [0.15, 0.2) is 59.9 Å². The molecule has 0 saturated heterocycles. The van der Waals surface area contributed by atoms with E-state index >= 15 is 0 Å². The SMILES string of the molecule is CC1=C(Oc2ccc([N+](=O)[O-])cc2)C(=O)c2ccccc2C1=O. The monoisotopic (exact) mass is 309 g/mol. The van der Waals surface area contributed by atoms with Crippen LogP contribution in [0.5, 0.6) is 5.75 Å². The number of hydrogen-bond donors (Lipinski definition) is 0. The minimum atomic E-state index is -0.528. The highest BCUT2D eigenvalue weighted by Gasteiger charge is 2.31. The molecule has 0 aliphatic heterocycles. The van der Waals surface area contributed by atoms with E-state index in [-0.39, 0.29) is 34.3 Å². The molecule has 0 bridgehead atoms. The molecule has 0 N–H and O–H groups in total. The Morgan fingerprint density at radius 2 is 1.48 bits per heavy atom. The quantitative estimate of drug-likeness (QED) is 0.641. The Balaban J connectivity index is 1.96. The molecule has 0 amide bonds. The summed E-state index contributed by atoms with van der Waals surface area (Å²) in [5.41, 5.74) is 0.776. The molecule has 0 atom stereocenters. The summed E-state index contributed by atoms with van der Waals surface area (Å²) in [6.45, 7) is 1.52. The van der Waals surface area contributed by atoms with E-state index in [1.807, 2.05) is 0 Å². The van der Waals surface area contributed by atoms with Crippen molar-refractivity contribution >= 4 is 17.3 Å². The molecule has 0 heterocycles. The maximum absolute atomic E-state index is 12.5. The number of carbonyl (C=O) groups excluding carboxylic acids is 2. The Bertz CT molecular complexity index is 865. The van der Waals surface area contributed by atoms with Gasteiger partial charge in [-0.3, -0.25) is 19.7 Å². The van der Waals surface area contributed by atoms with Crippen LogP contribution in [0.1, 0.15) is 27.6 Å². The maximum atomic E-state index is 12.5. The predicted octanol–water partition coefficient (Wildman–Crippen LogP) is 3.33. The van der Waals surface area contributed by atoms with E-state index in [9.17, 15) is 19.7 Å². The van der Waals surface area contributed by atoms with Crippen LogP contribution in [0.3, 0.4) is 0 Å². The Morgan fingerprint density at radius 1 is 0.913 bits per heavy atom. The number of hydrogen-bond acceptors (Lipinski definition) is 5. The molecule has 0 spiro atoms. The van der Waals surface area contributed by atoms with Crippen LogP contribution in [0.25, 0.3) is 0 Å². The third-order valence-electron chi connectivity index (χ3n) is 3.57. The predicted molar refractivity (Wildman–Crippen MR) is 81.5 cm³/mol. The van der Waals surface area contributed by atoms with Crippen LogP contribution in [-0.4, -0.2) is 16.5 Å². The second-order valence-electron chi connectivity index (χ2n) is 5.01. The minimum Gasteiger partial charge on any atom is -0.453 e. The molecular weight excluding hydrogens is 298 g/mol. The van der Waals surface area contributed by atoms with Crippen molar-refractivity contribution in [3.05, 3.63) is 81.1 Å². The van der Waals surface area contributed by atoms with Crippen LogP contribution < -0.4 is 4.74 Å². The number of nitro groups is 1. The Morgan fingerprint density at radius 3 is 2.04 bits per heavy atom. The lowest BCUT2D eigenvalue weighted by atomic mass is 9.89. The number of nitrogens with zero attached hydrogens (tertiary/aromatic N) is 1. The van der Waals surface area contributed by atoms with Gasteiger partial charge in [-0.25, -0.2) is 0 Å². The van der Waals surface area contributed by atoms with Crippen molar-refractivity contribution in [2.75, 3.05) is 0 Å². The average Bonchev–Trinajstić information content (AvgIpc) is 2.57. The highest BCUT2D eigenvalue weighted by Crippen LogP contribution is 2.28. The van der Waals surface area contributed by atoms with E-state index in [0.29, 0.717) is 11.1 Å². The van der Waals surface area contributed by atoms with Crippen LogP contribution in [-0.2, 0) is 0 Å². The molecular formula is C17H11NO5. The largest absolute Gasteiger partial charge is 0.453 e. The summed E-state index contributed by atoms with van der Waals surface area (Å²) in [6, 6.07) is 11.9. The number of benzene rings is 2. The fourth-order valence-electron chi connectivity index (χ4n) is 2.35. The van der Waals surface area contributed by atoms with E-state index in [1.54, 1.807) is 24.3 Å². The number of Topliss-reactive ketones (excluding diaryl/α,β-unsaturated/α-hetero) is 2. The maximum Gasteiger partial charge on any atom is 0.269 e. The fourth-order valence-corrected chi connectivity index (χ4v) is 2.35. The van der Waals surface area contributed by atoms with Crippen LogP contribution >= 0.6 is 0 Å². The van der Waals surface area contributed by atoms with Gasteiger partial charge in [0.2, 0.25) is 5.78 Å². The summed E-state index contributed by atoms with van der Waals surface area (Å²) in [7, 11) is 0. The van der Waals surface area contributed by atoms with Crippen molar-refractivity contribution in [3.8, 4) is 5.75 Å². The van der Waals surface area contributed by atoms with E-state index in [2.05, 4.69) is 0 Å². The van der Waals surface area contributed by atoms with E-state index in [1.165, 1.54) is 31.2 Å². The molecule has 0 unspecified atom stereocenters. The topological polar surface area (TPSA) is 86.5 Å². The molecule has 0 fully saturated rings. The second kappa shape index (κ2) is 5.49. The number of ketones is 2. The first-order chi connectivity index (χ1) is 11.0. The highest BCUT2D eigenvalue weighted by atomic mass is 16.6. The van der Waals surface area contributed by atoms with E-state index in [4.69, 9.17) is 4.74 Å². The molecule has 2 aromatic rings. The molecule has 0 radical (unpaired) electrons. The van der Waals surface area contributed by atoms with Crippen molar-refractivity contribution < 1.29 is 19.2 Å². The van der Waals surface area contributed by atoms with Gasteiger partial charge in [-0.2, -0.15) is 0 Å². The van der Waals surface area contributed by atoms with Crippen molar-refractivity contribution in [2.45, 2.75) is 6.92 Å². The summed E-state index contributed by atoms with van der Waals surface area (Å²) in [6.07, 6.45) is 0. The molecule has 1 aliphatic carbocycles. The molecule has 3 rings (SSSR count). The summed E-state index contributed by atoms with van der Waals surface area (Å²) >= 11 is 0. The summed E-state index contributed by atoms with van der Waals surface area (Å²) in [4.78, 5) is 35.0. The zero-order chi connectivity index (χ0) is 16.6. The van der Waals surface area contributed by atoms with Gasteiger partial charge >= 0.3 is 0 Å². The van der Waals surface area contributed by atoms with Gasteiger partial charge in [0.05, 0.1) is 4.92 Å². The van der Waals surface area contributed by atoms with Gasteiger partial charge in [0.25, 0.3) is 5.69 Å². The van der Waals surface area contributed by atoms with Gasteiger partial charge in [0.1, 0.15) is 5.75 Å². The van der Waals surface area contributed by atoms with Crippen molar-refractivity contribution in [3.63, 3.8) is 0 Å². The fraction of sp³-hybridized carbons (Fsp3) is 0.0588. The van der Waals surface area contributed by atoms with Crippen molar-refractivity contribution in [1.29, 1.82) is 0 Å². The van der Waals surface area contributed by atoms with Gasteiger partial charge in [-0.15, -0.1) is 0 Å². The highest BCUT2D eigenvalue weighted by molar-refractivity contribution is 6.26. The number of allylic oxidation sites excluding steroid dienone is 2. The third-order valence-corrected chi connectivity index (χ3v) is 3.57. The zero-order valence-electron chi connectivity index (χ0n) is 12.1. The number of fused-ring (bicyclic) bond motifs is 1. The first kappa shape index (κ1) is 14.6. The number of nitro benzene ring substituents is 1. The molecule has 23 heavy (non-hydrogen) atoms. The Kier molecular flexibility index (Phi) is 3.50. The van der Waals surface area contributed by atoms with Crippen LogP contribution in [0.4, 0.5) is 5.69 Å². The summed E-state index contributed by atoms with van der Waals surface area (Å²) < 4.78 is 5.53. The molecule has 0 aromatic heterocycles. The van der Waals surface area contributed by atoms with Crippen LogP contribution in [0, 0.1) is 10.1 Å². The molecule has 6 nitrogen and oxygen atoms in total. The van der Waals surface area contributed by atoms with Gasteiger partial charge in [0, 0.05) is 28.8 Å². The Hall–Kier alpha value is -3.28. The molecule has 0 saturated carbocycles. The molecule has 6 heteroatoms. The number of rotatable bonds is 3. The first-order valence-corrected chi connectivity index (χ1v) is 6.80. The van der Waals surface area contributed by atoms with Crippen molar-refractivity contribution in [2.24, 2.45) is 0 Å². The summed E-state index contributed by atoms with van der Waals surface area (Å²) in [5.74, 6) is -0.443. The number of non-ortho nitro benzene ring substituents is 1. The zero-order valence-corrected chi connectivity index (χ0v) is 12.1. The Labute approximate surface area is 131 Å². The van der Waals surface area contributed by atoms with E-state index < -0.39 is 4.92 Å². The standard InChI is InChI=1S/C17H11NO5/c1-10-15(19)13-4-2-3-5-14(13)16(20)17(10)23-12-8-6-11(7-9-12)18(21)22/h2-9H,1H3. The average molecular weight is 309 g/mol. The lowest BCUT2D eigenvalue weighted by Gasteiger charge is -2.19. The van der Waals surface area contributed by atoms with Gasteiger partial charge in [0.15, 0.2) is 11.5 Å². The van der Waals surface area contributed by atoms with Crippen LogP contribution in [0.2, 0.25) is 0 Å². The lowest BCUT2D eigenvalue weighted by Crippen LogP contribution is -2.23. The van der Waals surface area contributed by atoms with Gasteiger partial charge < -0.3 is 4.74 Å². The lowest BCUT2D eigenvalue weighted by molar-refractivity contribution is -0.384. The number of ether oxygens (including phenoxy) is 1. The minimum absolute atomic E-state index is 0.0532. The normalized spacial score (nSPS) is 13.8. The summed E-state index contributed by atoms with van der Waals surface area (Å²) in [5, 5.41) is 10.6. The second-order valence-corrected chi connectivity index (χ2v) is 5.01. The van der Waals surface area contributed by atoms with E-state index in [0.717, 1.165) is 0 Å². The smallest absolute Gasteiger partial charge is 0.269 e. The third kappa shape index (κ3) is 2.50. The van der Waals surface area contributed by atoms with Crippen molar-refractivity contribution in [1.82, 2.24) is 0 Å². The number of carbonyl (C=O) groups is 2. The molecule has 2 aromatic carbocycles.